The summed E-state index contributed by atoms with van der Waals surface area (Å²) >= 11 is 0. The average molecular weight is 227 g/mol. The first-order valence-corrected chi connectivity index (χ1v) is 5.69. The summed E-state index contributed by atoms with van der Waals surface area (Å²) in [6.07, 6.45) is 0.693. The van der Waals surface area contributed by atoms with Gasteiger partial charge in [0.2, 0.25) is 0 Å². The zero-order chi connectivity index (χ0) is 12.1. The second-order valence-corrected chi connectivity index (χ2v) is 4.00. The molecular formula is C15H15O2. The SMILES string of the molecule is Oc1ccccc1C(O)CCc1[c]cccc1. The Morgan fingerprint density at radius 2 is 1.82 bits per heavy atom. The molecule has 0 bridgehead atoms. The Bertz CT molecular complexity index is 465. The van der Waals surface area contributed by atoms with Gasteiger partial charge in [-0.3, -0.25) is 0 Å². The molecule has 2 nitrogen and oxygen atoms in total. The lowest BCUT2D eigenvalue weighted by molar-refractivity contribution is 0.164. The number of aromatic hydroxyl groups is 1. The van der Waals surface area contributed by atoms with E-state index in [1.807, 2.05) is 30.3 Å². The van der Waals surface area contributed by atoms with Crippen LogP contribution < -0.4 is 0 Å². The van der Waals surface area contributed by atoms with Gasteiger partial charge in [0, 0.05) is 5.56 Å². The maximum Gasteiger partial charge on any atom is 0.121 e. The number of aliphatic hydroxyl groups is 1. The molecule has 1 atom stereocenters. The molecule has 2 rings (SSSR count). The summed E-state index contributed by atoms with van der Waals surface area (Å²) in [6.45, 7) is 0. The molecule has 17 heavy (non-hydrogen) atoms. The van der Waals surface area contributed by atoms with E-state index in [9.17, 15) is 10.2 Å². The van der Waals surface area contributed by atoms with Gasteiger partial charge in [0.1, 0.15) is 5.75 Å². The Balaban J connectivity index is 1.99. The van der Waals surface area contributed by atoms with E-state index in [1.54, 1.807) is 18.2 Å². The van der Waals surface area contributed by atoms with Crippen LogP contribution in [0.4, 0.5) is 0 Å². The van der Waals surface area contributed by atoms with E-state index in [0.717, 1.165) is 12.0 Å². The van der Waals surface area contributed by atoms with Crippen molar-refractivity contribution in [3.05, 3.63) is 65.7 Å². The van der Waals surface area contributed by atoms with Crippen molar-refractivity contribution in [1.29, 1.82) is 0 Å². The number of hydrogen-bond donors (Lipinski definition) is 2. The summed E-state index contributed by atoms with van der Waals surface area (Å²) in [7, 11) is 0. The first-order chi connectivity index (χ1) is 8.27. The summed E-state index contributed by atoms with van der Waals surface area (Å²) in [5.74, 6) is 0.150. The predicted octanol–water partition coefficient (Wildman–Crippen LogP) is 2.86. The van der Waals surface area contributed by atoms with Crippen LogP contribution >= 0.6 is 0 Å². The smallest absolute Gasteiger partial charge is 0.121 e. The maximum absolute atomic E-state index is 9.99. The quantitative estimate of drug-likeness (QED) is 0.843. The van der Waals surface area contributed by atoms with Crippen molar-refractivity contribution >= 4 is 0 Å². The van der Waals surface area contributed by atoms with Gasteiger partial charge in [0.15, 0.2) is 0 Å². The minimum atomic E-state index is -0.634. The minimum absolute atomic E-state index is 0.150. The van der Waals surface area contributed by atoms with Gasteiger partial charge < -0.3 is 10.2 Å². The number of benzene rings is 2. The molecule has 0 fully saturated rings. The normalized spacial score (nSPS) is 12.3. The van der Waals surface area contributed by atoms with Crippen molar-refractivity contribution in [2.75, 3.05) is 0 Å². The van der Waals surface area contributed by atoms with Crippen LogP contribution in [-0.4, -0.2) is 10.2 Å². The summed E-state index contributed by atoms with van der Waals surface area (Å²) in [6, 6.07) is 17.7. The topological polar surface area (TPSA) is 40.5 Å². The second kappa shape index (κ2) is 5.51. The highest BCUT2D eigenvalue weighted by molar-refractivity contribution is 5.33. The van der Waals surface area contributed by atoms with Gasteiger partial charge in [-0.05, 0) is 30.5 Å². The molecule has 0 heterocycles. The van der Waals surface area contributed by atoms with Crippen molar-refractivity contribution in [3.63, 3.8) is 0 Å². The Hall–Kier alpha value is -1.80. The molecule has 2 aromatic carbocycles. The molecule has 0 aliphatic heterocycles. The zero-order valence-electron chi connectivity index (χ0n) is 9.50. The van der Waals surface area contributed by atoms with Gasteiger partial charge in [-0.2, -0.15) is 0 Å². The average Bonchev–Trinajstić information content (AvgIpc) is 2.38. The molecule has 0 amide bonds. The molecule has 2 heteroatoms. The van der Waals surface area contributed by atoms with Crippen LogP contribution in [0.3, 0.4) is 0 Å². The number of phenols is 1. The molecule has 0 aliphatic carbocycles. The molecular weight excluding hydrogens is 212 g/mol. The molecule has 0 saturated carbocycles. The van der Waals surface area contributed by atoms with Crippen LogP contribution in [0, 0.1) is 6.07 Å². The van der Waals surface area contributed by atoms with E-state index >= 15 is 0 Å². The molecule has 1 radical (unpaired) electrons. The molecule has 87 valence electrons. The van der Waals surface area contributed by atoms with Gasteiger partial charge in [0.25, 0.3) is 0 Å². The second-order valence-electron chi connectivity index (χ2n) is 4.00. The minimum Gasteiger partial charge on any atom is -0.508 e. The Morgan fingerprint density at radius 1 is 1.06 bits per heavy atom. The largest absolute Gasteiger partial charge is 0.508 e. The number of rotatable bonds is 4. The molecule has 1 unspecified atom stereocenters. The lowest BCUT2D eigenvalue weighted by Crippen LogP contribution is -2.00. The van der Waals surface area contributed by atoms with E-state index in [1.165, 1.54) is 0 Å². The van der Waals surface area contributed by atoms with Crippen molar-refractivity contribution in [1.82, 2.24) is 0 Å². The predicted molar refractivity (Wildman–Crippen MR) is 66.7 cm³/mol. The van der Waals surface area contributed by atoms with Crippen LogP contribution in [0.15, 0.2) is 48.5 Å². The van der Waals surface area contributed by atoms with E-state index < -0.39 is 6.10 Å². The highest BCUT2D eigenvalue weighted by Crippen LogP contribution is 2.26. The Labute approximate surface area is 101 Å². The van der Waals surface area contributed by atoms with E-state index in [2.05, 4.69) is 6.07 Å². The molecule has 0 spiro atoms. The van der Waals surface area contributed by atoms with Crippen molar-refractivity contribution < 1.29 is 10.2 Å². The van der Waals surface area contributed by atoms with Crippen molar-refractivity contribution in [2.24, 2.45) is 0 Å². The van der Waals surface area contributed by atoms with Gasteiger partial charge in [0.05, 0.1) is 6.10 Å². The third-order valence-electron chi connectivity index (χ3n) is 2.76. The lowest BCUT2D eigenvalue weighted by Gasteiger charge is -2.12. The molecule has 2 aromatic rings. The number of aliphatic hydroxyl groups excluding tert-OH is 1. The Morgan fingerprint density at radius 3 is 2.53 bits per heavy atom. The summed E-state index contributed by atoms with van der Waals surface area (Å²) < 4.78 is 0. The van der Waals surface area contributed by atoms with Gasteiger partial charge in [-0.15, -0.1) is 0 Å². The number of hydrogen-bond acceptors (Lipinski definition) is 2. The summed E-state index contributed by atoms with van der Waals surface area (Å²) in [5, 5.41) is 19.6. The lowest BCUT2D eigenvalue weighted by atomic mass is 10.0. The first kappa shape index (κ1) is 11.7. The molecule has 0 aliphatic rings. The number of aryl methyl sites for hydroxylation is 1. The van der Waals surface area contributed by atoms with Gasteiger partial charge >= 0.3 is 0 Å². The standard InChI is InChI=1S/C15H15O2/c16-14-9-5-4-8-13(14)15(17)11-10-12-6-2-1-3-7-12/h1-6,8-9,15-17H,10-11H2. The van der Waals surface area contributed by atoms with Gasteiger partial charge in [-0.25, -0.2) is 0 Å². The van der Waals surface area contributed by atoms with Crippen LogP contribution in [0.5, 0.6) is 5.75 Å². The molecule has 2 N–H and O–H groups in total. The van der Waals surface area contributed by atoms with Crippen LogP contribution in [0.2, 0.25) is 0 Å². The van der Waals surface area contributed by atoms with E-state index in [4.69, 9.17) is 0 Å². The third-order valence-corrected chi connectivity index (χ3v) is 2.76. The number of phenolic OH excluding ortho intramolecular Hbond substituents is 1. The van der Waals surface area contributed by atoms with Crippen molar-refractivity contribution in [2.45, 2.75) is 18.9 Å². The van der Waals surface area contributed by atoms with Crippen molar-refractivity contribution in [3.8, 4) is 5.75 Å². The highest BCUT2D eigenvalue weighted by Gasteiger charge is 2.11. The summed E-state index contributed by atoms with van der Waals surface area (Å²) in [5.41, 5.74) is 1.66. The summed E-state index contributed by atoms with van der Waals surface area (Å²) in [4.78, 5) is 0. The molecule has 0 aromatic heterocycles. The monoisotopic (exact) mass is 227 g/mol. The fourth-order valence-corrected chi connectivity index (χ4v) is 1.80. The fourth-order valence-electron chi connectivity index (χ4n) is 1.80. The third kappa shape index (κ3) is 3.08. The highest BCUT2D eigenvalue weighted by atomic mass is 16.3. The van der Waals surface area contributed by atoms with E-state index in [-0.39, 0.29) is 5.75 Å². The number of para-hydroxylation sites is 1. The van der Waals surface area contributed by atoms with Crippen LogP contribution in [-0.2, 0) is 6.42 Å². The fraction of sp³-hybridized carbons (Fsp3) is 0.200. The molecule has 0 saturated heterocycles. The van der Waals surface area contributed by atoms with Crippen LogP contribution in [0.1, 0.15) is 23.7 Å². The van der Waals surface area contributed by atoms with Gasteiger partial charge in [-0.1, -0.05) is 42.5 Å². The zero-order valence-corrected chi connectivity index (χ0v) is 9.50. The Kier molecular flexibility index (Phi) is 3.78. The maximum atomic E-state index is 9.99. The first-order valence-electron chi connectivity index (χ1n) is 5.69. The van der Waals surface area contributed by atoms with Crippen LogP contribution in [0.25, 0.3) is 0 Å². The van der Waals surface area contributed by atoms with E-state index in [0.29, 0.717) is 12.0 Å².